The molecule has 1 N–H and O–H groups in total. The van der Waals surface area contributed by atoms with Gasteiger partial charge in [-0.2, -0.15) is 5.10 Å². The van der Waals surface area contributed by atoms with Gasteiger partial charge in [0.05, 0.1) is 13.3 Å². The molecule has 0 atom stereocenters. The zero-order valence-electron chi connectivity index (χ0n) is 30.6. The number of fused-ring (bicyclic) bond motifs is 3. The number of nitrogens with zero attached hydrogens (tertiary/aromatic N) is 3. The number of halogens is 1. The SMILES string of the molecule is CCCCNC(=O)OC1CCC(C(=O)N(CC23CCC(c4ccc(OC)c(C)c4)(CC2)CC3)c2ccc(F)c(-c3cnn(C(C)C)c3)c2)CC1. The van der Waals surface area contributed by atoms with Crippen LogP contribution < -0.4 is 15.0 Å². The van der Waals surface area contributed by atoms with Gasteiger partial charge in [-0.1, -0.05) is 25.5 Å². The van der Waals surface area contributed by atoms with Crippen molar-refractivity contribution in [2.45, 2.75) is 122 Å². The largest absolute Gasteiger partial charge is 0.496 e. The van der Waals surface area contributed by atoms with Crippen molar-refractivity contribution in [3.8, 4) is 16.9 Å². The highest BCUT2D eigenvalue weighted by molar-refractivity contribution is 5.96. The molecule has 4 saturated carbocycles. The Hall–Kier alpha value is -3.88. The number of aryl methyl sites for hydroxylation is 1. The summed E-state index contributed by atoms with van der Waals surface area (Å²) in [5, 5.41) is 7.29. The van der Waals surface area contributed by atoms with Gasteiger partial charge in [0.25, 0.3) is 0 Å². The lowest BCUT2D eigenvalue weighted by Crippen LogP contribution is -2.51. The second kappa shape index (κ2) is 15.2. The van der Waals surface area contributed by atoms with Crippen molar-refractivity contribution in [3.05, 3.63) is 65.7 Å². The molecule has 8 nitrogen and oxygen atoms in total. The average Bonchev–Trinajstić information content (AvgIpc) is 3.63. The van der Waals surface area contributed by atoms with E-state index in [0.717, 1.165) is 62.8 Å². The molecule has 0 spiro atoms. The fourth-order valence-corrected chi connectivity index (χ4v) is 8.64. The minimum atomic E-state index is -0.371. The summed E-state index contributed by atoms with van der Waals surface area (Å²) in [6, 6.07) is 11.9. The average molecular weight is 687 g/mol. The molecule has 0 aliphatic heterocycles. The predicted molar refractivity (Wildman–Crippen MR) is 195 cm³/mol. The van der Waals surface area contributed by atoms with E-state index in [0.29, 0.717) is 49.9 Å². The quantitative estimate of drug-likeness (QED) is 0.192. The number of alkyl carbamates (subject to hydrolysis) is 1. The van der Waals surface area contributed by atoms with Gasteiger partial charge in [0.1, 0.15) is 17.7 Å². The number of methoxy groups -OCH3 is 1. The summed E-state index contributed by atoms with van der Waals surface area (Å²) in [5.41, 5.74) is 4.63. The highest BCUT2D eigenvalue weighted by atomic mass is 19.1. The number of aromatic nitrogens is 2. The Bertz CT molecular complexity index is 1640. The van der Waals surface area contributed by atoms with Gasteiger partial charge in [-0.25, -0.2) is 9.18 Å². The standard InChI is InChI=1S/C41H55FN4O4/c1-6-7-22-43-39(48)50-34-12-8-30(9-13-34)38(47)45(33-11-14-36(42)35(24-33)31-25-44-46(26-31)28(2)3)27-40-16-19-41(20-17-40,21-18-40)32-10-15-37(49-5)29(4)23-32/h10-11,14-15,23-26,28,30,34H,6-9,12-13,16-22,27H2,1-5H3,(H,43,48). The first kappa shape index (κ1) is 35.9. The number of benzene rings is 2. The van der Waals surface area contributed by atoms with Gasteiger partial charge in [-0.05, 0) is 138 Å². The van der Waals surface area contributed by atoms with E-state index < -0.39 is 0 Å². The molecule has 7 rings (SSSR count). The van der Waals surface area contributed by atoms with Crippen molar-refractivity contribution >= 4 is 17.7 Å². The third-order valence-corrected chi connectivity index (χ3v) is 12.0. The van der Waals surface area contributed by atoms with Crippen LogP contribution in [0.25, 0.3) is 11.1 Å². The number of carbonyl (C=O) groups excluding carboxylic acids is 2. The Labute approximate surface area is 297 Å². The van der Waals surface area contributed by atoms with Gasteiger partial charge >= 0.3 is 6.09 Å². The van der Waals surface area contributed by atoms with Crippen LogP contribution in [-0.4, -0.2) is 48.1 Å². The molecule has 50 heavy (non-hydrogen) atoms. The lowest BCUT2D eigenvalue weighted by atomic mass is 9.51. The maximum atomic E-state index is 15.4. The minimum Gasteiger partial charge on any atom is -0.496 e. The van der Waals surface area contributed by atoms with E-state index in [1.54, 1.807) is 19.4 Å². The zero-order chi connectivity index (χ0) is 35.5. The van der Waals surface area contributed by atoms with Gasteiger partial charge in [0.15, 0.2) is 0 Å². The van der Waals surface area contributed by atoms with E-state index >= 15 is 4.39 Å². The van der Waals surface area contributed by atoms with Gasteiger partial charge in [-0.3, -0.25) is 9.48 Å². The number of hydrogen-bond acceptors (Lipinski definition) is 5. The third-order valence-electron chi connectivity index (χ3n) is 12.0. The number of unbranched alkanes of at least 4 members (excludes halogenated alkanes) is 1. The summed E-state index contributed by atoms with van der Waals surface area (Å²) >= 11 is 0. The van der Waals surface area contributed by atoms with E-state index in [9.17, 15) is 9.59 Å². The maximum Gasteiger partial charge on any atom is 0.407 e. The Morgan fingerprint density at radius 2 is 1.76 bits per heavy atom. The summed E-state index contributed by atoms with van der Waals surface area (Å²) in [6.07, 6.45) is 14.0. The second-order valence-electron chi connectivity index (χ2n) is 15.5. The normalized spacial score (nSPS) is 24.6. The minimum absolute atomic E-state index is 0.00684. The second-order valence-corrected chi connectivity index (χ2v) is 15.5. The highest BCUT2D eigenvalue weighted by Gasteiger charge is 2.50. The molecular weight excluding hydrogens is 631 g/mol. The lowest BCUT2D eigenvalue weighted by Gasteiger charge is -2.55. The van der Waals surface area contributed by atoms with Crippen molar-refractivity contribution in [1.29, 1.82) is 0 Å². The summed E-state index contributed by atoms with van der Waals surface area (Å²) in [4.78, 5) is 28.9. The first-order valence-corrected chi connectivity index (χ1v) is 18.8. The van der Waals surface area contributed by atoms with Crippen molar-refractivity contribution in [2.24, 2.45) is 11.3 Å². The van der Waals surface area contributed by atoms with E-state index in [4.69, 9.17) is 9.47 Å². The number of anilines is 1. The van der Waals surface area contributed by atoms with Crippen LogP contribution in [-0.2, 0) is 14.9 Å². The van der Waals surface area contributed by atoms with Crippen molar-refractivity contribution < 1.29 is 23.5 Å². The monoisotopic (exact) mass is 686 g/mol. The molecule has 0 radical (unpaired) electrons. The first-order chi connectivity index (χ1) is 24.0. The number of nitrogens with one attached hydrogen (secondary N) is 1. The molecule has 4 aliphatic carbocycles. The summed E-state index contributed by atoms with van der Waals surface area (Å²) in [5.74, 6) is 0.507. The van der Waals surface area contributed by atoms with E-state index in [-0.39, 0.29) is 46.7 Å². The van der Waals surface area contributed by atoms with E-state index in [1.165, 1.54) is 17.2 Å². The molecule has 3 aromatic rings. The van der Waals surface area contributed by atoms with Gasteiger partial charge in [-0.15, -0.1) is 0 Å². The maximum absolute atomic E-state index is 15.4. The lowest BCUT2D eigenvalue weighted by molar-refractivity contribution is -0.124. The van der Waals surface area contributed by atoms with Crippen LogP contribution in [0.1, 0.15) is 115 Å². The first-order valence-electron chi connectivity index (χ1n) is 18.8. The van der Waals surface area contributed by atoms with Crippen molar-refractivity contribution in [1.82, 2.24) is 15.1 Å². The van der Waals surface area contributed by atoms with Crippen molar-refractivity contribution in [3.63, 3.8) is 0 Å². The number of hydrogen-bond donors (Lipinski definition) is 1. The highest BCUT2D eigenvalue weighted by Crippen LogP contribution is 2.58. The van der Waals surface area contributed by atoms with E-state index in [2.05, 4.69) is 42.5 Å². The Morgan fingerprint density at radius 3 is 2.38 bits per heavy atom. The summed E-state index contributed by atoms with van der Waals surface area (Å²) < 4.78 is 28.5. The van der Waals surface area contributed by atoms with Crippen LogP contribution in [0.4, 0.5) is 14.9 Å². The number of rotatable bonds is 12. The van der Waals surface area contributed by atoms with Crippen LogP contribution in [0, 0.1) is 24.1 Å². The molecule has 4 aliphatic rings. The Morgan fingerprint density at radius 1 is 1.04 bits per heavy atom. The molecule has 0 unspecified atom stereocenters. The van der Waals surface area contributed by atoms with Gasteiger partial charge < -0.3 is 19.7 Å². The van der Waals surface area contributed by atoms with Gasteiger partial charge in [0, 0.05) is 48.1 Å². The molecule has 2 aromatic carbocycles. The fraction of sp³-hybridized carbons (Fsp3) is 0.585. The molecule has 1 heterocycles. The fourth-order valence-electron chi connectivity index (χ4n) is 8.64. The molecule has 1 aromatic heterocycles. The Balaban J connectivity index is 1.22. The zero-order valence-corrected chi connectivity index (χ0v) is 30.6. The number of carbonyl (C=O) groups is 2. The Kier molecular flexibility index (Phi) is 10.9. The third kappa shape index (κ3) is 7.57. The van der Waals surface area contributed by atoms with Crippen LogP contribution in [0.2, 0.25) is 0 Å². The van der Waals surface area contributed by atoms with Crippen molar-refractivity contribution in [2.75, 3.05) is 25.1 Å². The molecule has 2 bridgehead atoms. The predicted octanol–water partition coefficient (Wildman–Crippen LogP) is 9.30. The molecule has 2 amide bonds. The molecule has 0 saturated heterocycles. The summed E-state index contributed by atoms with van der Waals surface area (Å²) in [6.45, 7) is 9.52. The number of amides is 2. The summed E-state index contributed by atoms with van der Waals surface area (Å²) in [7, 11) is 1.72. The van der Waals surface area contributed by atoms with Crippen LogP contribution >= 0.6 is 0 Å². The van der Waals surface area contributed by atoms with E-state index in [1.807, 2.05) is 35.7 Å². The van der Waals surface area contributed by atoms with Gasteiger partial charge in [0.2, 0.25) is 5.91 Å². The topological polar surface area (TPSA) is 85.7 Å². The number of ether oxygens (including phenoxy) is 2. The molecule has 4 fully saturated rings. The van der Waals surface area contributed by atoms with Crippen LogP contribution in [0.15, 0.2) is 48.8 Å². The smallest absolute Gasteiger partial charge is 0.407 e. The molecule has 270 valence electrons. The molecule has 9 heteroatoms. The molecular formula is C41H55FN4O4. The van der Waals surface area contributed by atoms with Crippen LogP contribution in [0.5, 0.6) is 5.75 Å². The van der Waals surface area contributed by atoms with Crippen LogP contribution in [0.3, 0.4) is 0 Å².